The highest BCUT2D eigenvalue weighted by molar-refractivity contribution is 7.13. The highest BCUT2D eigenvalue weighted by atomic mass is 32.1. The third-order valence-corrected chi connectivity index (χ3v) is 6.87. The van der Waals surface area contributed by atoms with Gasteiger partial charge < -0.3 is 14.8 Å². The zero-order chi connectivity index (χ0) is 22.9. The van der Waals surface area contributed by atoms with E-state index < -0.39 is 11.7 Å². The summed E-state index contributed by atoms with van der Waals surface area (Å²) in [4.78, 5) is 51.0. The van der Waals surface area contributed by atoms with Crippen LogP contribution in [0.15, 0.2) is 66.3 Å². The van der Waals surface area contributed by atoms with Gasteiger partial charge in [0, 0.05) is 49.0 Å². The van der Waals surface area contributed by atoms with Crippen molar-refractivity contribution < 1.29 is 14.4 Å². The molecule has 1 unspecified atom stereocenters. The van der Waals surface area contributed by atoms with Crippen molar-refractivity contribution in [1.29, 1.82) is 0 Å². The molecule has 7 nitrogen and oxygen atoms in total. The normalized spacial score (nSPS) is 16.2. The Kier molecular flexibility index (Phi) is 5.51. The largest absolute Gasteiger partial charge is 0.359 e. The first-order chi connectivity index (χ1) is 16.0. The van der Waals surface area contributed by atoms with Gasteiger partial charge in [-0.3, -0.25) is 19.4 Å². The number of carbonyl (C=O) groups excluding carboxylic acids is 3. The molecule has 0 saturated carbocycles. The summed E-state index contributed by atoms with van der Waals surface area (Å²) in [6, 6.07) is 14.5. The Morgan fingerprint density at radius 2 is 1.88 bits per heavy atom. The Hall–Kier alpha value is -3.78. The summed E-state index contributed by atoms with van der Waals surface area (Å²) in [5, 5.41) is 2.65. The molecule has 0 bridgehead atoms. The van der Waals surface area contributed by atoms with Gasteiger partial charge in [0.15, 0.2) is 0 Å². The maximum absolute atomic E-state index is 13.2. The van der Waals surface area contributed by atoms with Crippen molar-refractivity contribution >= 4 is 39.8 Å². The average molecular weight is 459 g/mol. The van der Waals surface area contributed by atoms with E-state index in [-0.39, 0.29) is 11.9 Å². The van der Waals surface area contributed by atoms with Crippen LogP contribution in [0, 0.1) is 0 Å². The van der Waals surface area contributed by atoms with E-state index in [1.165, 1.54) is 0 Å². The minimum atomic E-state index is -0.556. The number of hydrogen-bond acceptors (Lipinski definition) is 5. The van der Waals surface area contributed by atoms with Gasteiger partial charge in [0.1, 0.15) is 5.69 Å². The molecule has 4 heterocycles. The summed E-state index contributed by atoms with van der Waals surface area (Å²) >= 11 is 1.56. The van der Waals surface area contributed by atoms with Gasteiger partial charge in [0.2, 0.25) is 0 Å². The van der Waals surface area contributed by atoms with Crippen LogP contribution in [0.3, 0.4) is 0 Å². The maximum atomic E-state index is 13.2. The summed E-state index contributed by atoms with van der Waals surface area (Å²) < 4.78 is 0. The van der Waals surface area contributed by atoms with Crippen LogP contribution in [-0.4, -0.2) is 63.0 Å². The number of pyridine rings is 1. The number of aromatic nitrogens is 2. The molecule has 1 aromatic carbocycles. The zero-order valence-electron chi connectivity index (χ0n) is 18.0. The quantitative estimate of drug-likeness (QED) is 0.372. The highest BCUT2D eigenvalue weighted by Gasteiger charge is 2.34. The predicted octanol–water partition coefficient (Wildman–Crippen LogP) is 3.85. The fourth-order valence-corrected chi connectivity index (χ4v) is 5.02. The second kappa shape index (κ2) is 8.63. The van der Waals surface area contributed by atoms with Crippen molar-refractivity contribution in [3.05, 3.63) is 77.4 Å². The van der Waals surface area contributed by atoms with Crippen LogP contribution in [0.4, 0.5) is 0 Å². The zero-order valence-corrected chi connectivity index (χ0v) is 18.8. The number of benzene rings is 1. The van der Waals surface area contributed by atoms with E-state index in [1.807, 2.05) is 42.6 Å². The lowest BCUT2D eigenvalue weighted by atomic mass is 10.1. The van der Waals surface area contributed by atoms with Crippen molar-refractivity contribution in [3.63, 3.8) is 0 Å². The first kappa shape index (κ1) is 21.1. The van der Waals surface area contributed by atoms with Gasteiger partial charge in [-0.25, -0.2) is 0 Å². The predicted molar refractivity (Wildman–Crippen MR) is 127 cm³/mol. The Morgan fingerprint density at radius 1 is 1.06 bits per heavy atom. The molecule has 3 aromatic heterocycles. The van der Waals surface area contributed by atoms with Crippen LogP contribution < -0.4 is 0 Å². The lowest BCUT2D eigenvalue weighted by molar-refractivity contribution is -0.130. The molecule has 0 spiro atoms. The third kappa shape index (κ3) is 3.82. The molecule has 0 radical (unpaired) electrons. The molecule has 33 heavy (non-hydrogen) atoms. The van der Waals surface area contributed by atoms with Gasteiger partial charge in [0.05, 0.1) is 16.0 Å². The van der Waals surface area contributed by atoms with Crippen molar-refractivity contribution in [2.75, 3.05) is 19.6 Å². The molecule has 1 fully saturated rings. The molecule has 0 aliphatic carbocycles. The van der Waals surface area contributed by atoms with Crippen LogP contribution >= 0.6 is 11.3 Å². The molecular formula is C25H22N4O3S. The first-order valence-electron chi connectivity index (χ1n) is 10.7. The van der Waals surface area contributed by atoms with E-state index in [0.717, 1.165) is 16.1 Å². The molecule has 1 aliphatic heterocycles. The van der Waals surface area contributed by atoms with Crippen molar-refractivity contribution in [1.82, 2.24) is 19.8 Å². The lowest BCUT2D eigenvalue weighted by Crippen LogP contribution is -2.56. The lowest BCUT2D eigenvalue weighted by Gasteiger charge is -2.39. The van der Waals surface area contributed by atoms with Gasteiger partial charge in [0.25, 0.3) is 17.6 Å². The number of thiophene rings is 1. The smallest absolute Gasteiger partial charge is 0.295 e. The number of nitrogens with zero attached hydrogens (tertiary/aromatic N) is 3. The summed E-state index contributed by atoms with van der Waals surface area (Å²) in [6.45, 7) is 2.95. The highest BCUT2D eigenvalue weighted by Crippen LogP contribution is 2.31. The van der Waals surface area contributed by atoms with Crippen LogP contribution in [-0.2, 0) is 4.79 Å². The van der Waals surface area contributed by atoms with Crippen LogP contribution in [0.5, 0.6) is 0 Å². The number of H-pyrrole nitrogens is 1. The van der Waals surface area contributed by atoms with Gasteiger partial charge in [-0.1, -0.05) is 24.3 Å². The van der Waals surface area contributed by atoms with E-state index in [2.05, 4.69) is 9.97 Å². The van der Waals surface area contributed by atoms with Gasteiger partial charge in [-0.05, 0) is 36.6 Å². The van der Waals surface area contributed by atoms with Crippen molar-refractivity contribution in [2.24, 2.45) is 0 Å². The number of fused-ring (bicyclic) bond motifs is 1. The Morgan fingerprint density at radius 3 is 2.61 bits per heavy atom. The van der Waals surface area contributed by atoms with Gasteiger partial charge in [-0.15, -0.1) is 11.3 Å². The summed E-state index contributed by atoms with van der Waals surface area (Å²) in [6.07, 6.45) is 3.24. The molecule has 1 atom stereocenters. The summed E-state index contributed by atoms with van der Waals surface area (Å²) in [5.41, 5.74) is 2.46. The van der Waals surface area contributed by atoms with Gasteiger partial charge in [-0.2, -0.15) is 0 Å². The number of amides is 2. The third-order valence-electron chi connectivity index (χ3n) is 5.99. The molecule has 1 aliphatic rings. The molecule has 5 rings (SSSR count). The average Bonchev–Trinajstić information content (AvgIpc) is 3.53. The summed E-state index contributed by atoms with van der Waals surface area (Å²) in [7, 11) is 0. The summed E-state index contributed by atoms with van der Waals surface area (Å²) in [5.74, 6) is -1.17. The fraction of sp³-hybridized carbons (Fsp3) is 0.200. The van der Waals surface area contributed by atoms with E-state index in [4.69, 9.17) is 0 Å². The van der Waals surface area contributed by atoms with E-state index in [0.29, 0.717) is 36.1 Å². The second-order valence-electron chi connectivity index (χ2n) is 8.06. The number of piperazine rings is 1. The first-order valence-corrected chi connectivity index (χ1v) is 11.6. The number of aromatic amines is 1. The standard InChI is InChI=1S/C25H22N4O3S/c1-16-15-28(24(31)17-6-3-2-4-7-17)11-12-29(16)25(32)23(30)19-14-27-21-18(19)9-10-26-22(21)20-8-5-13-33-20/h2-10,13-14,16,27H,11-12,15H2,1H3. The monoisotopic (exact) mass is 458 g/mol. The molecular weight excluding hydrogens is 436 g/mol. The molecule has 2 amide bonds. The fourth-order valence-electron chi connectivity index (χ4n) is 4.30. The van der Waals surface area contributed by atoms with Crippen LogP contribution in [0.2, 0.25) is 0 Å². The van der Waals surface area contributed by atoms with E-state index in [1.54, 1.807) is 51.7 Å². The molecule has 166 valence electrons. The molecule has 4 aromatic rings. The van der Waals surface area contributed by atoms with Gasteiger partial charge >= 0.3 is 0 Å². The van der Waals surface area contributed by atoms with Crippen LogP contribution in [0.25, 0.3) is 21.5 Å². The Bertz CT molecular complexity index is 1330. The number of rotatable bonds is 4. The van der Waals surface area contributed by atoms with E-state index in [9.17, 15) is 14.4 Å². The second-order valence-corrected chi connectivity index (χ2v) is 9.00. The maximum Gasteiger partial charge on any atom is 0.295 e. The molecule has 1 saturated heterocycles. The number of Topliss-reactive ketones (excluding diaryl/α,β-unsaturated/α-hetero) is 1. The number of nitrogens with one attached hydrogen (secondary N) is 1. The van der Waals surface area contributed by atoms with Crippen molar-refractivity contribution in [3.8, 4) is 10.6 Å². The van der Waals surface area contributed by atoms with E-state index >= 15 is 0 Å². The number of hydrogen-bond donors (Lipinski definition) is 1. The molecule has 1 N–H and O–H groups in total. The Balaban J connectivity index is 1.34. The number of carbonyl (C=O) groups is 3. The topological polar surface area (TPSA) is 86.4 Å². The Labute approximate surface area is 194 Å². The number of ketones is 1. The SMILES string of the molecule is CC1CN(C(=O)c2ccccc2)CCN1C(=O)C(=O)c1c[nH]c2c(-c3cccs3)nccc12. The minimum absolute atomic E-state index is 0.0638. The molecule has 8 heteroatoms. The van der Waals surface area contributed by atoms with Crippen molar-refractivity contribution in [2.45, 2.75) is 13.0 Å². The van der Waals surface area contributed by atoms with Crippen LogP contribution in [0.1, 0.15) is 27.6 Å². The minimum Gasteiger partial charge on any atom is -0.359 e.